The zero-order valence-electron chi connectivity index (χ0n) is 11.1. The number of hydrogen-bond donors (Lipinski definition) is 0. The number of halogens is 3. The van der Waals surface area contributed by atoms with Crippen molar-refractivity contribution < 1.29 is 18.0 Å². The number of carbonyl (C=O) groups excluding carboxylic acids is 1. The smallest absolute Gasteiger partial charge is 0.289 e. The summed E-state index contributed by atoms with van der Waals surface area (Å²) < 4.78 is 37.0. The molecule has 0 bridgehead atoms. The van der Waals surface area contributed by atoms with Gasteiger partial charge in [0, 0.05) is 6.42 Å². The molecule has 0 atom stereocenters. The normalized spacial score (nSPS) is 11.0. The van der Waals surface area contributed by atoms with Gasteiger partial charge in [0.25, 0.3) is 0 Å². The molecule has 21 heavy (non-hydrogen) atoms. The van der Waals surface area contributed by atoms with Crippen LogP contribution in [-0.4, -0.2) is 12.0 Å². The number of ketones is 1. The summed E-state index contributed by atoms with van der Waals surface area (Å²) in [5.41, 5.74) is 2.17. The van der Waals surface area contributed by atoms with Crippen LogP contribution in [0.1, 0.15) is 17.5 Å². The molecule has 0 saturated carbocycles. The monoisotopic (exact) mass is 290 g/mol. The third-order valence-corrected chi connectivity index (χ3v) is 2.98. The van der Waals surface area contributed by atoms with Crippen molar-refractivity contribution in [2.45, 2.75) is 12.6 Å². The van der Waals surface area contributed by atoms with Crippen molar-refractivity contribution in [1.29, 1.82) is 0 Å². The maximum absolute atomic E-state index is 12.3. The van der Waals surface area contributed by atoms with Crippen molar-refractivity contribution >= 4 is 11.4 Å². The van der Waals surface area contributed by atoms with Crippen LogP contribution >= 0.6 is 0 Å². The lowest BCUT2D eigenvalue weighted by atomic mass is 9.96. The Labute approximate surface area is 120 Å². The fourth-order valence-electron chi connectivity index (χ4n) is 1.95. The Kier molecular flexibility index (Phi) is 4.58. The number of carbonyl (C=O) groups is 1. The first-order valence-corrected chi connectivity index (χ1v) is 6.39. The lowest BCUT2D eigenvalue weighted by Gasteiger charge is -2.09. The van der Waals surface area contributed by atoms with E-state index in [4.69, 9.17) is 0 Å². The molecule has 0 unspecified atom stereocenters. The van der Waals surface area contributed by atoms with Crippen molar-refractivity contribution in [1.82, 2.24) is 0 Å². The molecule has 0 fully saturated rings. The van der Waals surface area contributed by atoms with Gasteiger partial charge in [-0.05, 0) is 16.7 Å². The minimum absolute atomic E-state index is 0.619. The molecule has 0 amide bonds. The second-order valence-electron chi connectivity index (χ2n) is 4.47. The van der Waals surface area contributed by atoms with E-state index in [9.17, 15) is 18.0 Å². The lowest BCUT2D eigenvalue weighted by Crippen LogP contribution is -2.21. The van der Waals surface area contributed by atoms with Gasteiger partial charge in [0.15, 0.2) is 0 Å². The summed E-state index contributed by atoms with van der Waals surface area (Å²) in [4.78, 5) is 11.1. The minimum atomic E-state index is -4.80. The standard InChI is InChI=1S/C17H13F3O/c18-17(19,20)16(21)12-11-15(13-7-3-1-4-8-13)14-9-5-2-6-10-14/h1-11H,12H2. The maximum atomic E-state index is 12.3. The van der Waals surface area contributed by atoms with E-state index in [1.54, 1.807) is 48.5 Å². The Morgan fingerprint density at radius 3 is 1.67 bits per heavy atom. The minimum Gasteiger partial charge on any atom is -0.289 e. The van der Waals surface area contributed by atoms with Crippen LogP contribution in [-0.2, 0) is 4.79 Å². The molecule has 108 valence electrons. The molecular weight excluding hydrogens is 277 g/mol. The number of Topliss-reactive ketones (excluding diaryl/α,β-unsaturated/α-hetero) is 1. The van der Waals surface area contributed by atoms with Crippen LogP contribution in [0.4, 0.5) is 13.2 Å². The molecule has 2 aromatic rings. The first kappa shape index (κ1) is 15.0. The van der Waals surface area contributed by atoms with E-state index in [1.807, 2.05) is 12.1 Å². The van der Waals surface area contributed by atoms with E-state index in [2.05, 4.69) is 0 Å². The summed E-state index contributed by atoms with van der Waals surface area (Å²) in [7, 11) is 0. The molecular formula is C17H13F3O. The number of rotatable bonds is 4. The highest BCUT2D eigenvalue weighted by Gasteiger charge is 2.36. The molecule has 0 saturated heterocycles. The van der Waals surface area contributed by atoms with Crippen LogP contribution in [0.2, 0.25) is 0 Å². The van der Waals surface area contributed by atoms with Gasteiger partial charge in [-0.25, -0.2) is 0 Å². The molecule has 0 aliphatic rings. The average Bonchev–Trinajstić information content (AvgIpc) is 2.48. The van der Waals surface area contributed by atoms with Crippen LogP contribution in [0.3, 0.4) is 0 Å². The first-order chi connectivity index (χ1) is 9.98. The molecule has 2 aromatic carbocycles. The Bertz CT molecular complexity index is 587. The highest BCUT2D eigenvalue weighted by atomic mass is 19.4. The highest BCUT2D eigenvalue weighted by Crippen LogP contribution is 2.25. The fourth-order valence-corrected chi connectivity index (χ4v) is 1.95. The van der Waals surface area contributed by atoms with E-state index in [-0.39, 0.29) is 0 Å². The van der Waals surface area contributed by atoms with Gasteiger partial charge in [0.1, 0.15) is 0 Å². The SMILES string of the molecule is O=C(CC=C(c1ccccc1)c1ccccc1)C(F)(F)F. The molecule has 0 aliphatic carbocycles. The van der Waals surface area contributed by atoms with Crippen LogP contribution in [0, 0.1) is 0 Å². The Balaban J connectivity index is 2.36. The molecule has 4 heteroatoms. The summed E-state index contributed by atoms with van der Waals surface area (Å²) in [6.45, 7) is 0. The summed E-state index contributed by atoms with van der Waals surface area (Å²) in [5, 5.41) is 0. The van der Waals surface area contributed by atoms with Crippen molar-refractivity contribution in [3.05, 3.63) is 77.9 Å². The zero-order valence-corrected chi connectivity index (χ0v) is 11.1. The molecule has 0 heterocycles. The number of allylic oxidation sites excluding steroid dienone is 1. The zero-order chi connectivity index (χ0) is 15.3. The van der Waals surface area contributed by atoms with E-state index < -0.39 is 18.4 Å². The molecule has 1 nitrogen and oxygen atoms in total. The lowest BCUT2D eigenvalue weighted by molar-refractivity contribution is -0.170. The second-order valence-corrected chi connectivity index (χ2v) is 4.47. The van der Waals surface area contributed by atoms with Gasteiger partial charge in [-0.2, -0.15) is 13.2 Å². The molecule has 0 spiro atoms. The fraction of sp³-hybridized carbons (Fsp3) is 0.118. The van der Waals surface area contributed by atoms with E-state index in [0.29, 0.717) is 5.57 Å². The Hall–Kier alpha value is -2.36. The maximum Gasteiger partial charge on any atom is 0.450 e. The van der Waals surface area contributed by atoms with Crippen LogP contribution in [0.5, 0.6) is 0 Å². The third-order valence-electron chi connectivity index (χ3n) is 2.98. The Morgan fingerprint density at radius 2 is 1.29 bits per heavy atom. The van der Waals surface area contributed by atoms with Crippen molar-refractivity contribution in [3.8, 4) is 0 Å². The highest BCUT2D eigenvalue weighted by molar-refractivity contribution is 5.89. The largest absolute Gasteiger partial charge is 0.450 e. The van der Waals surface area contributed by atoms with Gasteiger partial charge >= 0.3 is 6.18 Å². The van der Waals surface area contributed by atoms with E-state index in [1.165, 1.54) is 6.08 Å². The van der Waals surface area contributed by atoms with Gasteiger partial charge < -0.3 is 0 Å². The summed E-state index contributed by atoms with van der Waals surface area (Å²) in [6, 6.07) is 18.1. The van der Waals surface area contributed by atoms with Crippen LogP contribution in [0.25, 0.3) is 5.57 Å². The topological polar surface area (TPSA) is 17.1 Å². The number of hydrogen-bond acceptors (Lipinski definition) is 1. The predicted molar refractivity (Wildman–Crippen MR) is 75.6 cm³/mol. The van der Waals surface area contributed by atoms with E-state index in [0.717, 1.165) is 11.1 Å². The van der Waals surface area contributed by atoms with Gasteiger partial charge in [-0.15, -0.1) is 0 Å². The van der Waals surface area contributed by atoms with Crippen LogP contribution in [0.15, 0.2) is 66.7 Å². The summed E-state index contributed by atoms with van der Waals surface area (Å²) in [6.07, 6.45) is -4.13. The van der Waals surface area contributed by atoms with Crippen molar-refractivity contribution in [3.63, 3.8) is 0 Å². The molecule has 0 N–H and O–H groups in total. The van der Waals surface area contributed by atoms with Crippen molar-refractivity contribution in [2.24, 2.45) is 0 Å². The van der Waals surface area contributed by atoms with E-state index >= 15 is 0 Å². The first-order valence-electron chi connectivity index (χ1n) is 6.39. The molecule has 0 aromatic heterocycles. The molecule has 0 radical (unpaired) electrons. The average molecular weight is 290 g/mol. The van der Waals surface area contributed by atoms with Gasteiger partial charge in [-0.1, -0.05) is 66.7 Å². The summed E-state index contributed by atoms with van der Waals surface area (Å²) in [5.74, 6) is -1.74. The van der Waals surface area contributed by atoms with Gasteiger partial charge in [0.05, 0.1) is 0 Å². The Morgan fingerprint density at radius 1 is 0.857 bits per heavy atom. The molecule has 0 aliphatic heterocycles. The van der Waals surface area contributed by atoms with Gasteiger partial charge in [0.2, 0.25) is 5.78 Å². The number of benzene rings is 2. The molecule has 2 rings (SSSR count). The quantitative estimate of drug-likeness (QED) is 0.801. The van der Waals surface area contributed by atoms with Gasteiger partial charge in [-0.3, -0.25) is 4.79 Å². The third kappa shape index (κ3) is 4.05. The predicted octanol–water partition coefficient (Wildman–Crippen LogP) is 4.64. The second kappa shape index (κ2) is 6.39. The van der Waals surface area contributed by atoms with Crippen molar-refractivity contribution in [2.75, 3.05) is 0 Å². The summed E-state index contributed by atoms with van der Waals surface area (Å²) >= 11 is 0. The van der Waals surface area contributed by atoms with Crippen LogP contribution < -0.4 is 0 Å². The number of alkyl halides is 3.